The van der Waals surface area contributed by atoms with Crippen LogP contribution < -0.4 is 10.6 Å². The first-order valence-electron chi connectivity index (χ1n) is 6.65. The molecule has 4 nitrogen and oxygen atoms in total. The average molecular weight is 282 g/mol. The van der Waals surface area contributed by atoms with Crippen molar-refractivity contribution in [3.8, 4) is 0 Å². The van der Waals surface area contributed by atoms with Gasteiger partial charge in [0.2, 0.25) is 5.91 Å². The summed E-state index contributed by atoms with van der Waals surface area (Å²) in [5.41, 5.74) is 1.71. The third-order valence-corrected chi connectivity index (χ3v) is 3.60. The highest BCUT2D eigenvalue weighted by molar-refractivity contribution is 6.33. The number of rotatable bonds is 3. The molecule has 1 aliphatic heterocycles. The van der Waals surface area contributed by atoms with Crippen LogP contribution in [0, 0.1) is 6.92 Å². The predicted molar refractivity (Wildman–Crippen MR) is 78.7 cm³/mol. The van der Waals surface area contributed by atoms with Gasteiger partial charge < -0.3 is 10.6 Å². The molecule has 2 N–H and O–H groups in total. The lowest BCUT2D eigenvalue weighted by Crippen LogP contribution is -2.35. The number of anilines is 1. The monoisotopic (exact) mass is 281 g/mol. The van der Waals surface area contributed by atoms with Crippen LogP contribution in [0.1, 0.15) is 12.0 Å². The summed E-state index contributed by atoms with van der Waals surface area (Å²) in [6.07, 6.45) is 1.08. The van der Waals surface area contributed by atoms with E-state index < -0.39 is 0 Å². The van der Waals surface area contributed by atoms with Gasteiger partial charge in [-0.05, 0) is 38.1 Å². The molecule has 0 radical (unpaired) electrons. The van der Waals surface area contributed by atoms with E-state index in [0.717, 1.165) is 43.9 Å². The summed E-state index contributed by atoms with van der Waals surface area (Å²) in [5.74, 6) is -0.00176. The second-order valence-electron chi connectivity index (χ2n) is 4.86. The number of nitrogens with one attached hydrogen (secondary N) is 2. The van der Waals surface area contributed by atoms with Crippen molar-refractivity contribution in [2.24, 2.45) is 0 Å². The van der Waals surface area contributed by atoms with Gasteiger partial charge >= 0.3 is 0 Å². The molecular weight excluding hydrogens is 262 g/mol. The molecular formula is C14H20ClN3O. The standard InChI is InChI=1S/C14H20ClN3O/c1-11-4-2-5-12(15)14(11)17-13(19)10-18-8-3-6-16-7-9-18/h2,4-5,16H,3,6-10H2,1H3,(H,17,19). The first-order chi connectivity index (χ1) is 9.16. The van der Waals surface area contributed by atoms with Crippen molar-refractivity contribution >= 4 is 23.2 Å². The second kappa shape index (κ2) is 6.89. The minimum absolute atomic E-state index is 0.00176. The molecule has 1 aromatic carbocycles. The molecule has 0 aromatic heterocycles. The maximum absolute atomic E-state index is 12.1. The smallest absolute Gasteiger partial charge is 0.238 e. The van der Waals surface area contributed by atoms with Gasteiger partial charge in [-0.15, -0.1) is 0 Å². The van der Waals surface area contributed by atoms with Gasteiger partial charge in [0.25, 0.3) is 0 Å². The van der Waals surface area contributed by atoms with Gasteiger partial charge in [0.05, 0.1) is 17.3 Å². The van der Waals surface area contributed by atoms with Gasteiger partial charge in [-0.25, -0.2) is 0 Å². The van der Waals surface area contributed by atoms with E-state index in [1.165, 1.54) is 0 Å². The predicted octanol–water partition coefficient (Wildman–Crippen LogP) is 1.88. The van der Waals surface area contributed by atoms with Crippen molar-refractivity contribution in [1.29, 1.82) is 0 Å². The Morgan fingerprint density at radius 3 is 3.05 bits per heavy atom. The van der Waals surface area contributed by atoms with Crippen LogP contribution in [-0.2, 0) is 4.79 Å². The zero-order chi connectivity index (χ0) is 13.7. The number of carbonyl (C=O) groups is 1. The Balaban J connectivity index is 1.93. The molecule has 0 unspecified atom stereocenters. The molecule has 1 amide bonds. The topological polar surface area (TPSA) is 44.4 Å². The quantitative estimate of drug-likeness (QED) is 0.889. The van der Waals surface area contributed by atoms with E-state index in [1.54, 1.807) is 6.07 Å². The van der Waals surface area contributed by atoms with Crippen molar-refractivity contribution in [2.45, 2.75) is 13.3 Å². The summed E-state index contributed by atoms with van der Waals surface area (Å²) in [5, 5.41) is 6.83. The van der Waals surface area contributed by atoms with Crippen molar-refractivity contribution < 1.29 is 4.79 Å². The fourth-order valence-electron chi connectivity index (χ4n) is 2.23. The van der Waals surface area contributed by atoms with Crippen LogP contribution in [-0.4, -0.2) is 43.5 Å². The van der Waals surface area contributed by atoms with Crippen LogP contribution in [0.2, 0.25) is 5.02 Å². The van der Waals surface area contributed by atoms with Crippen molar-refractivity contribution in [2.75, 3.05) is 38.0 Å². The number of halogens is 1. The highest BCUT2D eigenvalue weighted by Gasteiger charge is 2.14. The van der Waals surface area contributed by atoms with Gasteiger partial charge in [-0.1, -0.05) is 23.7 Å². The summed E-state index contributed by atoms with van der Waals surface area (Å²) >= 11 is 6.10. The van der Waals surface area contributed by atoms with E-state index in [4.69, 9.17) is 11.6 Å². The maximum atomic E-state index is 12.1. The molecule has 1 heterocycles. The molecule has 0 saturated carbocycles. The Kier molecular flexibility index (Phi) is 5.19. The van der Waals surface area contributed by atoms with E-state index in [-0.39, 0.29) is 5.91 Å². The fourth-order valence-corrected chi connectivity index (χ4v) is 2.50. The SMILES string of the molecule is Cc1cccc(Cl)c1NC(=O)CN1CCCNCC1. The molecule has 1 aliphatic rings. The van der Waals surface area contributed by atoms with Crippen molar-refractivity contribution in [3.63, 3.8) is 0 Å². The molecule has 0 spiro atoms. The number of nitrogens with zero attached hydrogens (tertiary/aromatic N) is 1. The van der Waals surface area contributed by atoms with Crippen LogP contribution >= 0.6 is 11.6 Å². The molecule has 0 atom stereocenters. The van der Waals surface area contributed by atoms with Crippen molar-refractivity contribution in [1.82, 2.24) is 10.2 Å². The third-order valence-electron chi connectivity index (χ3n) is 3.29. The Bertz CT molecular complexity index is 422. The molecule has 0 bridgehead atoms. The highest BCUT2D eigenvalue weighted by Crippen LogP contribution is 2.25. The van der Waals surface area contributed by atoms with E-state index >= 15 is 0 Å². The first kappa shape index (κ1) is 14.3. The van der Waals surface area contributed by atoms with Crippen LogP contribution in [0.5, 0.6) is 0 Å². The van der Waals surface area contributed by atoms with Gasteiger partial charge in [-0.2, -0.15) is 0 Å². The molecule has 2 rings (SSSR count). The van der Waals surface area contributed by atoms with E-state index in [1.807, 2.05) is 19.1 Å². The molecule has 1 saturated heterocycles. The van der Waals surface area contributed by atoms with Gasteiger partial charge in [0.1, 0.15) is 0 Å². The molecule has 5 heteroatoms. The number of hydrogen-bond acceptors (Lipinski definition) is 3. The zero-order valence-electron chi connectivity index (χ0n) is 11.2. The van der Waals surface area contributed by atoms with Crippen LogP contribution in [0.3, 0.4) is 0 Å². The van der Waals surface area contributed by atoms with Crippen LogP contribution in [0.25, 0.3) is 0 Å². The summed E-state index contributed by atoms with van der Waals surface area (Å²) in [4.78, 5) is 14.2. The number of benzene rings is 1. The Morgan fingerprint density at radius 1 is 1.42 bits per heavy atom. The third kappa shape index (κ3) is 4.20. The number of aryl methyl sites for hydroxylation is 1. The largest absolute Gasteiger partial charge is 0.323 e. The summed E-state index contributed by atoms with van der Waals surface area (Å²) in [6.45, 7) is 6.21. The highest BCUT2D eigenvalue weighted by atomic mass is 35.5. The lowest BCUT2D eigenvalue weighted by atomic mass is 10.2. The first-order valence-corrected chi connectivity index (χ1v) is 7.02. The second-order valence-corrected chi connectivity index (χ2v) is 5.27. The Morgan fingerprint density at radius 2 is 2.26 bits per heavy atom. The molecule has 19 heavy (non-hydrogen) atoms. The molecule has 1 aromatic rings. The number of amides is 1. The van der Waals surface area contributed by atoms with Gasteiger partial charge in [0.15, 0.2) is 0 Å². The molecule has 0 aliphatic carbocycles. The summed E-state index contributed by atoms with van der Waals surface area (Å²) in [7, 11) is 0. The van der Waals surface area contributed by atoms with Crippen LogP contribution in [0.15, 0.2) is 18.2 Å². The van der Waals surface area contributed by atoms with Crippen LogP contribution in [0.4, 0.5) is 5.69 Å². The van der Waals surface area contributed by atoms with E-state index in [2.05, 4.69) is 15.5 Å². The minimum atomic E-state index is -0.00176. The summed E-state index contributed by atoms with van der Waals surface area (Å²) < 4.78 is 0. The zero-order valence-corrected chi connectivity index (χ0v) is 12.0. The number of para-hydroxylation sites is 1. The lowest BCUT2D eigenvalue weighted by molar-refractivity contribution is -0.117. The fraction of sp³-hybridized carbons (Fsp3) is 0.500. The van der Waals surface area contributed by atoms with E-state index in [9.17, 15) is 4.79 Å². The maximum Gasteiger partial charge on any atom is 0.238 e. The molecule has 1 fully saturated rings. The lowest BCUT2D eigenvalue weighted by Gasteiger charge is -2.19. The summed E-state index contributed by atoms with van der Waals surface area (Å²) in [6, 6.07) is 5.62. The Labute approximate surface area is 119 Å². The van der Waals surface area contributed by atoms with Gasteiger partial charge in [0, 0.05) is 13.1 Å². The van der Waals surface area contributed by atoms with E-state index in [0.29, 0.717) is 11.6 Å². The minimum Gasteiger partial charge on any atom is -0.323 e. The van der Waals surface area contributed by atoms with Gasteiger partial charge in [-0.3, -0.25) is 9.69 Å². The average Bonchev–Trinajstić information content (AvgIpc) is 2.63. The Hall–Kier alpha value is -1.10. The number of hydrogen-bond donors (Lipinski definition) is 2. The normalized spacial score (nSPS) is 16.9. The molecule has 104 valence electrons. The van der Waals surface area contributed by atoms with Crippen molar-refractivity contribution in [3.05, 3.63) is 28.8 Å². The number of carbonyl (C=O) groups excluding carboxylic acids is 1.